The van der Waals surface area contributed by atoms with Gasteiger partial charge in [0.1, 0.15) is 18.1 Å². The highest BCUT2D eigenvalue weighted by Gasteiger charge is 2.22. The highest BCUT2D eigenvalue weighted by Crippen LogP contribution is 2.20. The molecular formula is C18H22N2O6S. The zero-order valence-electron chi connectivity index (χ0n) is 15.3. The average Bonchev–Trinajstić information content (AvgIpc) is 3.17. The Morgan fingerprint density at radius 1 is 1.11 bits per heavy atom. The van der Waals surface area contributed by atoms with Crippen molar-refractivity contribution in [2.45, 2.75) is 11.7 Å². The lowest BCUT2D eigenvalue weighted by Gasteiger charge is -2.26. The van der Waals surface area contributed by atoms with Crippen LogP contribution in [-0.2, 0) is 21.4 Å². The Hall–Kier alpha value is -2.36. The fourth-order valence-corrected chi connectivity index (χ4v) is 3.36. The van der Waals surface area contributed by atoms with Gasteiger partial charge in [0.05, 0.1) is 13.2 Å². The Morgan fingerprint density at radius 3 is 2.41 bits per heavy atom. The molecule has 1 aromatic carbocycles. The van der Waals surface area contributed by atoms with Crippen molar-refractivity contribution in [2.24, 2.45) is 0 Å². The second kappa shape index (κ2) is 8.12. The zero-order valence-corrected chi connectivity index (χ0v) is 16.1. The minimum absolute atomic E-state index is 0.0329. The molecule has 27 heavy (non-hydrogen) atoms. The van der Waals surface area contributed by atoms with Gasteiger partial charge in [0.25, 0.3) is 15.9 Å². The second-order valence-corrected chi connectivity index (χ2v) is 8.31. The minimum atomic E-state index is -3.60. The Morgan fingerprint density at radius 2 is 1.78 bits per heavy atom. The number of benzene rings is 1. The van der Waals surface area contributed by atoms with Crippen LogP contribution in [0.4, 0.5) is 0 Å². The third-order valence-electron chi connectivity index (χ3n) is 4.15. The number of sulfonamides is 1. The topological polar surface area (TPSA) is 89.3 Å². The summed E-state index contributed by atoms with van der Waals surface area (Å²) in [6.07, 6.45) is 0. The van der Waals surface area contributed by atoms with Gasteiger partial charge in [-0.05, 0) is 36.4 Å². The maximum absolute atomic E-state index is 12.4. The van der Waals surface area contributed by atoms with Gasteiger partial charge in [0.2, 0.25) is 5.09 Å². The lowest BCUT2D eigenvalue weighted by atomic mass is 10.2. The third-order valence-corrected chi connectivity index (χ3v) is 5.84. The predicted molar refractivity (Wildman–Crippen MR) is 97.1 cm³/mol. The first kappa shape index (κ1) is 19.4. The number of ether oxygens (including phenoxy) is 2. The van der Waals surface area contributed by atoms with E-state index in [0.717, 1.165) is 4.31 Å². The van der Waals surface area contributed by atoms with E-state index in [-0.39, 0.29) is 17.6 Å². The number of hydrogen-bond acceptors (Lipinski definition) is 6. The quantitative estimate of drug-likeness (QED) is 0.739. The Kier molecular flexibility index (Phi) is 5.83. The Labute approximate surface area is 158 Å². The first-order chi connectivity index (χ1) is 12.9. The van der Waals surface area contributed by atoms with Crippen LogP contribution in [0.15, 0.2) is 45.9 Å². The van der Waals surface area contributed by atoms with Crippen LogP contribution in [0, 0.1) is 0 Å². The molecule has 1 fully saturated rings. The van der Waals surface area contributed by atoms with Crippen molar-refractivity contribution in [3.8, 4) is 5.75 Å². The molecule has 2 aromatic rings. The maximum atomic E-state index is 12.4. The van der Waals surface area contributed by atoms with E-state index in [9.17, 15) is 13.2 Å². The zero-order chi connectivity index (χ0) is 19.4. The minimum Gasteiger partial charge on any atom is -0.486 e. The summed E-state index contributed by atoms with van der Waals surface area (Å²) in [6, 6.07) is 9.78. The van der Waals surface area contributed by atoms with Crippen molar-refractivity contribution in [3.05, 3.63) is 47.7 Å². The molecular weight excluding hydrogens is 372 g/mol. The van der Waals surface area contributed by atoms with E-state index in [1.54, 1.807) is 35.2 Å². The number of hydrogen-bond donors (Lipinski definition) is 0. The van der Waals surface area contributed by atoms with Crippen LogP contribution in [0.25, 0.3) is 0 Å². The van der Waals surface area contributed by atoms with E-state index in [1.807, 2.05) is 0 Å². The molecule has 1 aliphatic heterocycles. The molecule has 3 rings (SSSR count). The van der Waals surface area contributed by atoms with E-state index in [1.165, 1.54) is 20.2 Å². The molecule has 1 saturated heterocycles. The summed E-state index contributed by atoms with van der Waals surface area (Å²) in [5.74, 6) is 0.917. The van der Waals surface area contributed by atoms with Crippen LogP contribution >= 0.6 is 0 Å². The van der Waals surface area contributed by atoms with Crippen LogP contribution in [0.5, 0.6) is 5.75 Å². The third kappa shape index (κ3) is 4.49. The summed E-state index contributed by atoms with van der Waals surface area (Å²) in [7, 11) is -0.728. The van der Waals surface area contributed by atoms with Crippen LogP contribution in [0.3, 0.4) is 0 Å². The first-order valence-electron chi connectivity index (χ1n) is 8.49. The fraction of sp³-hybridized carbons (Fsp3) is 0.389. The molecule has 0 unspecified atom stereocenters. The fourth-order valence-electron chi connectivity index (χ4n) is 2.55. The van der Waals surface area contributed by atoms with Gasteiger partial charge in [-0.1, -0.05) is 0 Å². The number of amides is 1. The maximum Gasteiger partial charge on any atom is 0.275 e. The Bertz CT molecular complexity index is 883. The Balaban J connectivity index is 1.59. The van der Waals surface area contributed by atoms with Crippen molar-refractivity contribution in [1.29, 1.82) is 0 Å². The summed E-state index contributed by atoms with van der Waals surface area (Å²) < 4.78 is 41.3. The van der Waals surface area contributed by atoms with Crippen molar-refractivity contribution < 1.29 is 27.1 Å². The molecule has 0 spiro atoms. The molecule has 146 valence electrons. The summed E-state index contributed by atoms with van der Waals surface area (Å²) in [5, 5.41) is -0.127. The molecule has 1 amide bonds. The van der Waals surface area contributed by atoms with Gasteiger partial charge in [-0.2, -0.15) is 0 Å². The van der Waals surface area contributed by atoms with Crippen LogP contribution in [-0.4, -0.2) is 63.9 Å². The van der Waals surface area contributed by atoms with E-state index in [2.05, 4.69) is 0 Å². The van der Waals surface area contributed by atoms with Gasteiger partial charge in [-0.25, -0.2) is 12.7 Å². The molecule has 9 heteroatoms. The van der Waals surface area contributed by atoms with Crippen molar-refractivity contribution in [3.63, 3.8) is 0 Å². The summed E-state index contributed by atoms with van der Waals surface area (Å²) in [4.78, 5) is 14.2. The standard InChI is InChI=1S/C18H22N2O6S/c1-19(2)27(22,23)17-8-7-16(26-17)13-25-15-5-3-14(4-6-15)18(21)20-9-11-24-12-10-20/h3-8H,9-13H2,1-2H3. The van der Waals surface area contributed by atoms with Crippen molar-refractivity contribution >= 4 is 15.9 Å². The average molecular weight is 394 g/mol. The highest BCUT2D eigenvalue weighted by molar-refractivity contribution is 7.88. The van der Waals surface area contributed by atoms with Crippen molar-refractivity contribution in [1.82, 2.24) is 9.21 Å². The number of furan rings is 1. The van der Waals surface area contributed by atoms with Crippen LogP contribution < -0.4 is 4.74 Å². The van der Waals surface area contributed by atoms with Gasteiger partial charge < -0.3 is 18.8 Å². The number of rotatable bonds is 6. The molecule has 0 saturated carbocycles. The van der Waals surface area contributed by atoms with E-state index in [0.29, 0.717) is 43.4 Å². The molecule has 0 radical (unpaired) electrons. The molecule has 1 aromatic heterocycles. The molecule has 8 nitrogen and oxygen atoms in total. The normalized spacial score (nSPS) is 15.1. The second-order valence-electron chi connectivity index (χ2n) is 6.23. The predicted octanol–water partition coefficient (Wildman–Crippen LogP) is 1.58. The number of nitrogens with zero attached hydrogens (tertiary/aromatic N) is 2. The van der Waals surface area contributed by atoms with Gasteiger partial charge >= 0.3 is 0 Å². The summed E-state index contributed by atoms with van der Waals surface area (Å²) >= 11 is 0. The first-order valence-corrected chi connectivity index (χ1v) is 9.93. The number of carbonyl (C=O) groups excluding carboxylic acids is 1. The highest BCUT2D eigenvalue weighted by atomic mass is 32.2. The van der Waals surface area contributed by atoms with Crippen molar-refractivity contribution in [2.75, 3.05) is 40.4 Å². The van der Waals surface area contributed by atoms with Gasteiger partial charge in [-0.15, -0.1) is 0 Å². The van der Waals surface area contributed by atoms with Crippen LogP contribution in [0.2, 0.25) is 0 Å². The SMILES string of the molecule is CN(C)S(=O)(=O)c1ccc(COc2ccc(C(=O)N3CCOCC3)cc2)o1. The lowest BCUT2D eigenvalue weighted by Crippen LogP contribution is -2.40. The van der Waals surface area contributed by atoms with E-state index >= 15 is 0 Å². The number of morpholine rings is 1. The molecule has 2 heterocycles. The lowest BCUT2D eigenvalue weighted by molar-refractivity contribution is 0.0303. The monoisotopic (exact) mass is 394 g/mol. The molecule has 1 aliphatic rings. The van der Waals surface area contributed by atoms with E-state index in [4.69, 9.17) is 13.9 Å². The largest absolute Gasteiger partial charge is 0.486 e. The molecule has 0 atom stereocenters. The molecule has 0 N–H and O–H groups in total. The van der Waals surface area contributed by atoms with Gasteiger partial charge in [0.15, 0.2) is 0 Å². The summed E-state index contributed by atoms with van der Waals surface area (Å²) in [5.41, 5.74) is 0.585. The van der Waals surface area contributed by atoms with Crippen LogP contribution in [0.1, 0.15) is 16.1 Å². The van der Waals surface area contributed by atoms with E-state index < -0.39 is 10.0 Å². The summed E-state index contributed by atoms with van der Waals surface area (Å²) in [6.45, 7) is 2.38. The molecule has 0 bridgehead atoms. The molecule has 0 aliphatic carbocycles. The number of carbonyl (C=O) groups is 1. The smallest absolute Gasteiger partial charge is 0.275 e. The van der Waals surface area contributed by atoms with Gasteiger partial charge in [-0.3, -0.25) is 4.79 Å². The van der Waals surface area contributed by atoms with Gasteiger partial charge in [0, 0.05) is 32.7 Å².